The molecule has 2 aliphatic rings. The number of carbonyl (C=O) groups excluding carboxylic acids is 1. The lowest BCUT2D eigenvalue weighted by Gasteiger charge is -2.39. The van der Waals surface area contributed by atoms with Crippen LogP contribution in [-0.2, 0) is 11.3 Å². The molecule has 2 aromatic rings. The van der Waals surface area contributed by atoms with Gasteiger partial charge in [-0.15, -0.1) is 0 Å². The summed E-state index contributed by atoms with van der Waals surface area (Å²) in [7, 11) is 0. The second kappa shape index (κ2) is 6.71. The Labute approximate surface area is 158 Å². The van der Waals surface area contributed by atoms with Gasteiger partial charge >= 0.3 is 6.09 Å². The highest BCUT2D eigenvalue weighted by atomic mass is 16.6. The summed E-state index contributed by atoms with van der Waals surface area (Å²) < 4.78 is 7.31. The predicted octanol–water partition coefficient (Wildman–Crippen LogP) is 1.11. The maximum atomic E-state index is 12.3. The van der Waals surface area contributed by atoms with E-state index < -0.39 is 5.60 Å². The molecule has 9 heteroatoms. The van der Waals surface area contributed by atoms with Crippen LogP contribution < -0.4 is 5.32 Å². The molecule has 2 aromatic heterocycles. The van der Waals surface area contributed by atoms with E-state index in [9.17, 15) is 4.79 Å². The third-order valence-corrected chi connectivity index (χ3v) is 4.65. The van der Waals surface area contributed by atoms with Crippen LogP contribution >= 0.6 is 0 Å². The first-order valence-electron chi connectivity index (χ1n) is 9.21. The molecule has 1 saturated heterocycles. The van der Waals surface area contributed by atoms with Crippen molar-refractivity contribution in [2.75, 3.05) is 26.2 Å². The Kier molecular flexibility index (Phi) is 4.37. The number of carbonyl (C=O) groups is 1. The number of aliphatic imine (C=N–C) groups is 1. The molecule has 144 valence electrons. The second-order valence-corrected chi connectivity index (χ2v) is 7.83. The van der Waals surface area contributed by atoms with Gasteiger partial charge in [0.25, 0.3) is 0 Å². The zero-order valence-corrected chi connectivity index (χ0v) is 15.9. The molecule has 27 heavy (non-hydrogen) atoms. The first-order valence-corrected chi connectivity index (χ1v) is 9.21. The number of rotatable bonds is 2. The molecule has 4 heterocycles. The fourth-order valence-electron chi connectivity index (χ4n) is 3.41. The number of ether oxygens (including phenoxy) is 1. The summed E-state index contributed by atoms with van der Waals surface area (Å²) in [6.45, 7) is 8.94. The highest BCUT2D eigenvalue weighted by molar-refractivity contribution is 5.82. The maximum absolute atomic E-state index is 12.3. The lowest BCUT2D eigenvalue weighted by Crippen LogP contribution is -2.57. The van der Waals surface area contributed by atoms with Crippen LogP contribution in [-0.4, -0.2) is 74.3 Å². The zero-order chi connectivity index (χ0) is 19.0. The molecule has 0 radical (unpaired) electrons. The number of nitrogens with one attached hydrogen (secondary N) is 1. The summed E-state index contributed by atoms with van der Waals surface area (Å²) in [4.78, 5) is 25.2. The quantitative estimate of drug-likeness (QED) is 0.851. The van der Waals surface area contributed by atoms with Crippen molar-refractivity contribution in [2.45, 2.75) is 39.0 Å². The lowest BCUT2D eigenvalue weighted by molar-refractivity contribution is 0.0137. The molecule has 0 saturated carbocycles. The van der Waals surface area contributed by atoms with Gasteiger partial charge in [-0.1, -0.05) is 0 Å². The van der Waals surface area contributed by atoms with Crippen molar-refractivity contribution in [2.24, 2.45) is 4.99 Å². The summed E-state index contributed by atoms with van der Waals surface area (Å²) in [6, 6.07) is 4.01. The van der Waals surface area contributed by atoms with Crippen LogP contribution in [0.3, 0.4) is 0 Å². The number of hydrogen-bond donors (Lipinski definition) is 1. The number of fused-ring (bicyclic) bond motifs is 2. The SMILES string of the molecule is CC(C)(C)OC(=O)N1CCN2C(NCc3ccnc4ccnn34)=NCC2C1. The normalized spacial score (nSPS) is 19.8. The van der Waals surface area contributed by atoms with Crippen LogP contribution in [0.5, 0.6) is 0 Å². The van der Waals surface area contributed by atoms with E-state index in [4.69, 9.17) is 4.74 Å². The van der Waals surface area contributed by atoms with Crippen molar-refractivity contribution in [3.63, 3.8) is 0 Å². The van der Waals surface area contributed by atoms with Crippen molar-refractivity contribution < 1.29 is 9.53 Å². The van der Waals surface area contributed by atoms with Crippen LogP contribution in [0.2, 0.25) is 0 Å². The summed E-state index contributed by atoms with van der Waals surface area (Å²) >= 11 is 0. The Morgan fingerprint density at radius 2 is 2.15 bits per heavy atom. The molecule has 1 N–H and O–H groups in total. The molecular formula is C18H25N7O2. The molecule has 2 aliphatic heterocycles. The molecule has 1 atom stereocenters. The van der Waals surface area contributed by atoms with Crippen LogP contribution in [0.4, 0.5) is 4.79 Å². The average Bonchev–Trinajstić information content (AvgIpc) is 3.25. The number of piperazine rings is 1. The molecule has 0 aromatic carbocycles. The van der Waals surface area contributed by atoms with Gasteiger partial charge in [0, 0.05) is 31.9 Å². The third kappa shape index (κ3) is 3.67. The van der Waals surface area contributed by atoms with E-state index in [1.165, 1.54) is 0 Å². The fourth-order valence-corrected chi connectivity index (χ4v) is 3.41. The third-order valence-electron chi connectivity index (χ3n) is 4.65. The Hall–Kier alpha value is -2.84. The Morgan fingerprint density at radius 1 is 1.30 bits per heavy atom. The molecule has 1 unspecified atom stereocenters. The smallest absolute Gasteiger partial charge is 0.410 e. The summed E-state index contributed by atoms with van der Waals surface area (Å²) in [6.07, 6.45) is 3.28. The maximum Gasteiger partial charge on any atom is 0.410 e. The van der Waals surface area contributed by atoms with Crippen molar-refractivity contribution in [1.82, 2.24) is 29.7 Å². The van der Waals surface area contributed by atoms with Crippen LogP contribution in [0.15, 0.2) is 29.5 Å². The van der Waals surface area contributed by atoms with Crippen molar-refractivity contribution in [3.8, 4) is 0 Å². The van der Waals surface area contributed by atoms with Crippen LogP contribution in [0.1, 0.15) is 26.5 Å². The Bertz CT molecular complexity index is 870. The van der Waals surface area contributed by atoms with E-state index in [-0.39, 0.29) is 12.1 Å². The predicted molar refractivity (Wildman–Crippen MR) is 100 cm³/mol. The first-order chi connectivity index (χ1) is 12.9. The van der Waals surface area contributed by atoms with Crippen LogP contribution in [0, 0.1) is 0 Å². The minimum Gasteiger partial charge on any atom is -0.444 e. The van der Waals surface area contributed by atoms with E-state index in [0.29, 0.717) is 26.2 Å². The summed E-state index contributed by atoms with van der Waals surface area (Å²) in [5, 5.41) is 7.72. The monoisotopic (exact) mass is 371 g/mol. The number of guanidine groups is 1. The Balaban J connectivity index is 1.35. The van der Waals surface area contributed by atoms with Crippen molar-refractivity contribution >= 4 is 17.7 Å². The topological polar surface area (TPSA) is 87.4 Å². The highest BCUT2D eigenvalue weighted by Crippen LogP contribution is 2.18. The van der Waals surface area contributed by atoms with Gasteiger partial charge < -0.3 is 19.9 Å². The number of aromatic nitrogens is 3. The van der Waals surface area contributed by atoms with Crippen molar-refractivity contribution in [3.05, 3.63) is 30.2 Å². The standard InChI is InChI=1S/C18H25N7O2/c1-18(2,3)27-17(26)23-8-9-24-14(12-23)11-21-16(24)20-10-13-4-6-19-15-5-7-22-25(13)15/h4-7,14H,8-12H2,1-3H3,(H,20,21). The second-order valence-electron chi connectivity index (χ2n) is 7.83. The number of amides is 1. The zero-order valence-electron chi connectivity index (χ0n) is 15.9. The first kappa shape index (κ1) is 17.6. The Morgan fingerprint density at radius 3 is 2.96 bits per heavy atom. The number of nitrogens with zero attached hydrogens (tertiary/aromatic N) is 6. The van der Waals surface area contributed by atoms with Gasteiger partial charge in [-0.25, -0.2) is 14.3 Å². The summed E-state index contributed by atoms with van der Waals surface area (Å²) in [5.74, 6) is 0.876. The van der Waals surface area contributed by atoms with Gasteiger partial charge in [0.2, 0.25) is 0 Å². The van der Waals surface area contributed by atoms with Gasteiger partial charge in [-0.3, -0.25) is 4.99 Å². The minimum absolute atomic E-state index is 0.191. The fraction of sp³-hybridized carbons (Fsp3) is 0.556. The van der Waals surface area contributed by atoms with E-state index in [2.05, 4.69) is 25.3 Å². The van der Waals surface area contributed by atoms with E-state index in [1.807, 2.05) is 37.4 Å². The molecule has 0 bridgehead atoms. The van der Waals surface area contributed by atoms with E-state index >= 15 is 0 Å². The lowest BCUT2D eigenvalue weighted by atomic mass is 10.2. The van der Waals surface area contributed by atoms with E-state index in [1.54, 1.807) is 17.3 Å². The molecular weight excluding hydrogens is 346 g/mol. The van der Waals surface area contributed by atoms with Crippen molar-refractivity contribution in [1.29, 1.82) is 0 Å². The molecule has 1 amide bonds. The van der Waals surface area contributed by atoms with E-state index in [0.717, 1.165) is 23.8 Å². The van der Waals surface area contributed by atoms with Crippen LogP contribution in [0.25, 0.3) is 5.65 Å². The molecule has 9 nitrogen and oxygen atoms in total. The van der Waals surface area contributed by atoms with Gasteiger partial charge in [0.1, 0.15) is 5.60 Å². The van der Waals surface area contributed by atoms with Gasteiger partial charge in [0.15, 0.2) is 11.6 Å². The van der Waals surface area contributed by atoms with Gasteiger partial charge in [-0.05, 0) is 26.8 Å². The van der Waals surface area contributed by atoms with Gasteiger partial charge in [0.05, 0.1) is 31.0 Å². The van der Waals surface area contributed by atoms with Gasteiger partial charge in [-0.2, -0.15) is 5.10 Å². The average molecular weight is 371 g/mol. The molecule has 0 spiro atoms. The summed E-state index contributed by atoms with van der Waals surface area (Å²) in [5.41, 5.74) is 1.37. The molecule has 1 fully saturated rings. The molecule has 4 rings (SSSR count). The number of hydrogen-bond acceptors (Lipinski definition) is 7. The minimum atomic E-state index is -0.477. The largest absolute Gasteiger partial charge is 0.444 e. The highest BCUT2D eigenvalue weighted by Gasteiger charge is 2.36. The molecule has 0 aliphatic carbocycles.